The number of nitrogens with zero attached hydrogens (tertiary/aromatic N) is 4. The Morgan fingerprint density at radius 1 is 1.24 bits per heavy atom. The van der Waals surface area contributed by atoms with Gasteiger partial charge in [0.1, 0.15) is 16.7 Å². The zero-order valence-electron chi connectivity index (χ0n) is 21.8. The second-order valence-electron chi connectivity index (χ2n) is 9.45. The van der Waals surface area contributed by atoms with Crippen molar-refractivity contribution in [3.63, 3.8) is 0 Å². The molecule has 1 aliphatic rings. The normalized spacial score (nSPS) is 17.9. The van der Waals surface area contributed by atoms with E-state index < -0.39 is 10.0 Å². The number of hydrogen-bond donors (Lipinski definition) is 0. The minimum atomic E-state index is -3.75. The van der Waals surface area contributed by atoms with Gasteiger partial charge in [-0.2, -0.15) is 4.31 Å². The molecule has 0 bridgehead atoms. The highest BCUT2D eigenvalue weighted by molar-refractivity contribution is 7.89. The maximum absolute atomic E-state index is 13.6. The largest absolute Gasteiger partial charge is 0.488 e. The number of sulfonamides is 1. The van der Waals surface area contributed by atoms with Crippen molar-refractivity contribution in [2.75, 3.05) is 13.2 Å². The van der Waals surface area contributed by atoms with Gasteiger partial charge in [0.15, 0.2) is 0 Å². The van der Waals surface area contributed by atoms with Gasteiger partial charge in [-0.05, 0) is 68.4 Å². The van der Waals surface area contributed by atoms with E-state index >= 15 is 0 Å². The van der Waals surface area contributed by atoms with E-state index in [0.717, 1.165) is 22.4 Å². The molecule has 0 radical (unpaired) electrons. The van der Waals surface area contributed by atoms with Gasteiger partial charge in [0.05, 0.1) is 31.5 Å². The summed E-state index contributed by atoms with van der Waals surface area (Å²) in [4.78, 5) is 12.6. The number of carbonyl (C=O) groups excluding carboxylic acids is 1. The number of hydrogen-bond acceptors (Lipinski definition) is 7. The average molecular weight is 527 g/mol. The Bertz CT molecular complexity index is 1350. The van der Waals surface area contributed by atoms with Crippen LogP contribution in [0, 0.1) is 6.92 Å². The van der Waals surface area contributed by atoms with Gasteiger partial charge in [-0.1, -0.05) is 35.5 Å². The highest BCUT2D eigenvalue weighted by atomic mass is 32.2. The van der Waals surface area contributed by atoms with Crippen LogP contribution >= 0.6 is 0 Å². The van der Waals surface area contributed by atoms with Gasteiger partial charge in [-0.3, -0.25) is 9.48 Å². The first kappa shape index (κ1) is 26.8. The number of aromatic nitrogens is 3. The van der Waals surface area contributed by atoms with E-state index in [-0.39, 0.29) is 42.4 Å². The van der Waals surface area contributed by atoms with Gasteiger partial charge in [0.25, 0.3) is 0 Å². The van der Waals surface area contributed by atoms with E-state index in [1.54, 1.807) is 42.1 Å². The van der Waals surface area contributed by atoms with E-state index in [4.69, 9.17) is 9.47 Å². The zero-order valence-corrected chi connectivity index (χ0v) is 22.6. The predicted molar refractivity (Wildman–Crippen MR) is 139 cm³/mol. The second kappa shape index (κ2) is 11.4. The molecule has 0 fully saturated rings. The van der Waals surface area contributed by atoms with Crippen molar-refractivity contribution in [3.8, 4) is 5.75 Å². The predicted octanol–water partition coefficient (Wildman–Crippen LogP) is 3.76. The van der Waals surface area contributed by atoms with Crippen LogP contribution < -0.4 is 4.74 Å². The van der Waals surface area contributed by atoms with Crippen molar-refractivity contribution in [3.05, 3.63) is 71.0 Å². The SMILES string of the molecule is CCOC(=O)CC(CCc1cnnn1C)c1ccc(C)c(CN2C[C@@H](C)Oc3ccccc3S2(=O)=O)c1. The third kappa shape index (κ3) is 6.19. The number of fused-ring (bicyclic) bond motifs is 1. The first-order valence-corrected chi connectivity index (χ1v) is 14.0. The molecule has 1 aliphatic heterocycles. The molecule has 0 aliphatic carbocycles. The van der Waals surface area contributed by atoms with Crippen LogP contribution in [0.3, 0.4) is 0 Å². The molecule has 2 atom stereocenters. The third-order valence-electron chi connectivity index (χ3n) is 6.72. The number of ether oxygens (including phenoxy) is 2. The Labute approximate surface area is 218 Å². The average Bonchev–Trinajstić information content (AvgIpc) is 3.23. The van der Waals surface area contributed by atoms with Crippen LogP contribution in [-0.2, 0) is 39.6 Å². The molecular formula is C27H34N4O5S. The molecule has 37 heavy (non-hydrogen) atoms. The maximum Gasteiger partial charge on any atom is 0.306 e. The van der Waals surface area contributed by atoms with Crippen LogP contribution in [0.25, 0.3) is 0 Å². The molecule has 9 nitrogen and oxygen atoms in total. The van der Waals surface area contributed by atoms with Crippen LogP contribution in [-0.4, -0.2) is 52.9 Å². The smallest absolute Gasteiger partial charge is 0.306 e. The molecule has 0 amide bonds. The van der Waals surface area contributed by atoms with E-state index in [1.807, 2.05) is 39.1 Å². The summed E-state index contributed by atoms with van der Waals surface area (Å²) in [5.74, 6) is 0.0228. The maximum atomic E-state index is 13.6. The van der Waals surface area contributed by atoms with Crippen molar-refractivity contribution in [2.45, 2.75) is 63.5 Å². The topological polar surface area (TPSA) is 104 Å². The fourth-order valence-corrected chi connectivity index (χ4v) is 6.28. The summed E-state index contributed by atoms with van der Waals surface area (Å²) in [6.07, 6.45) is 3.06. The van der Waals surface area contributed by atoms with Crippen molar-refractivity contribution in [1.29, 1.82) is 0 Å². The number of benzene rings is 2. The van der Waals surface area contributed by atoms with Gasteiger partial charge >= 0.3 is 5.97 Å². The lowest BCUT2D eigenvalue weighted by molar-refractivity contribution is -0.143. The summed E-state index contributed by atoms with van der Waals surface area (Å²) >= 11 is 0. The molecule has 0 saturated heterocycles. The third-order valence-corrected chi connectivity index (χ3v) is 8.57. The van der Waals surface area contributed by atoms with E-state index in [2.05, 4.69) is 10.3 Å². The molecule has 1 unspecified atom stereocenters. The highest BCUT2D eigenvalue weighted by Crippen LogP contribution is 2.33. The molecule has 3 aromatic rings. The van der Waals surface area contributed by atoms with Crippen molar-refractivity contribution in [1.82, 2.24) is 19.3 Å². The van der Waals surface area contributed by atoms with Crippen LogP contribution in [0.4, 0.5) is 0 Å². The Morgan fingerprint density at radius 3 is 2.76 bits per heavy atom. The summed E-state index contributed by atoms with van der Waals surface area (Å²) in [6.45, 7) is 6.41. The molecule has 2 aromatic carbocycles. The number of esters is 1. The number of aryl methyl sites for hydroxylation is 3. The quantitative estimate of drug-likeness (QED) is 0.391. The van der Waals surface area contributed by atoms with Crippen LogP contribution in [0.1, 0.15) is 55.0 Å². The van der Waals surface area contributed by atoms with Gasteiger partial charge in [0.2, 0.25) is 10.0 Å². The Morgan fingerprint density at radius 2 is 2.03 bits per heavy atom. The highest BCUT2D eigenvalue weighted by Gasteiger charge is 2.33. The van der Waals surface area contributed by atoms with Gasteiger partial charge in [0, 0.05) is 13.6 Å². The van der Waals surface area contributed by atoms with Gasteiger partial charge in [-0.25, -0.2) is 8.42 Å². The molecule has 4 rings (SSSR count). The number of carbonyl (C=O) groups is 1. The van der Waals surface area contributed by atoms with Crippen LogP contribution in [0.5, 0.6) is 5.75 Å². The van der Waals surface area contributed by atoms with Crippen molar-refractivity contribution < 1.29 is 22.7 Å². The summed E-state index contributed by atoms with van der Waals surface area (Å²) in [7, 11) is -1.91. The zero-order chi connectivity index (χ0) is 26.6. The monoisotopic (exact) mass is 526 g/mol. The lowest BCUT2D eigenvalue weighted by Crippen LogP contribution is -2.35. The second-order valence-corrected chi connectivity index (χ2v) is 11.4. The van der Waals surface area contributed by atoms with E-state index in [1.165, 1.54) is 4.31 Å². The molecular weight excluding hydrogens is 492 g/mol. The first-order valence-electron chi connectivity index (χ1n) is 12.5. The molecule has 198 valence electrons. The lowest BCUT2D eigenvalue weighted by Gasteiger charge is -2.24. The summed E-state index contributed by atoms with van der Waals surface area (Å²) in [5.41, 5.74) is 3.82. The fraction of sp³-hybridized carbons (Fsp3) is 0.444. The Hall–Kier alpha value is -3.24. The summed E-state index contributed by atoms with van der Waals surface area (Å²) < 4.78 is 41.5. The molecule has 0 N–H and O–H groups in total. The van der Waals surface area contributed by atoms with Crippen LogP contribution in [0.15, 0.2) is 53.6 Å². The minimum Gasteiger partial charge on any atom is -0.488 e. The summed E-state index contributed by atoms with van der Waals surface area (Å²) in [5, 5.41) is 7.94. The van der Waals surface area contributed by atoms with E-state index in [0.29, 0.717) is 25.2 Å². The first-order chi connectivity index (χ1) is 17.7. The molecule has 0 spiro atoms. The minimum absolute atomic E-state index is 0.1000. The standard InChI is InChI=1S/C27H34N4O5S/c1-5-35-27(32)15-22(12-13-24-16-28-29-30(24)4)21-11-10-19(2)23(14-21)18-31-17-20(3)36-25-8-6-7-9-26(25)37(31,33)34/h6-11,14,16,20,22H,5,12-13,15,17-18H2,1-4H3/t20-,22?/m1/s1. The van der Waals surface area contributed by atoms with Gasteiger partial charge < -0.3 is 9.47 Å². The number of rotatable bonds is 9. The number of para-hydroxylation sites is 1. The Kier molecular flexibility index (Phi) is 8.29. The van der Waals surface area contributed by atoms with Gasteiger partial charge in [-0.15, -0.1) is 5.10 Å². The summed E-state index contributed by atoms with van der Waals surface area (Å²) in [6, 6.07) is 12.8. The fourth-order valence-electron chi connectivity index (χ4n) is 4.66. The van der Waals surface area contributed by atoms with Crippen LogP contribution in [0.2, 0.25) is 0 Å². The lowest BCUT2D eigenvalue weighted by atomic mass is 9.88. The van der Waals surface area contributed by atoms with Crippen molar-refractivity contribution in [2.24, 2.45) is 7.05 Å². The van der Waals surface area contributed by atoms with E-state index in [9.17, 15) is 13.2 Å². The van der Waals surface area contributed by atoms with Crippen molar-refractivity contribution >= 4 is 16.0 Å². The molecule has 1 aromatic heterocycles. The molecule has 2 heterocycles. The molecule has 10 heteroatoms. The molecule has 0 saturated carbocycles. The Balaban J connectivity index is 1.63.